The van der Waals surface area contributed by atoms with Gasteiger partial charge in [-0.05, 0) is 26.7 Å². The summed E-state index contributed by atoms with van der Waals surface area (Å²) < 4.78 is 13.0. The molecule has 1 spiro atoms. The number of aryl methyl sites for hydroxylation is 3. The normalized spacial score (nSPS) is 30.0. The van der Waals surface area contributed by atoms with Crippen molar-refractivity contribution in [2.75, 3.05) is 19.6 Å². The zero-order chi connectivity index (χ0) is 20.3. The third kappa shape index (κ3) is 2.87. The number of ether oxygens (including phenoxy) is 1. The maximum absolute atomic E-state index is 13.1. The van der Waals surface area contributed by atoms with Crippen LogP contribution in [0.3, 0.4) is 0 Å². The van der Waals surface area contributed by atoms with Crippen LogP contribution < -0.4 is 5.32 Å². The third-order valence-electron chi connectivity index (χ3n) is 6.67. The number of aromatic nitrogens is 3. The van der Waals surface area contributed by atoms with Crippen molar-refractivity contribution in [3.63, 3.8) is 0 Å². The summed E-state index contributed by atoms with van der Waals surface area (Å²) in [7, 11) is 1.82. The van der Waals surface area contributed by atoms with Crippen LogP contribution in [-0.4, -0.2) is 63.0 Å². The van der Waals surface area contributed by atoms with Crippen LogP contribution in [0.1, 0.15) is 45.1 Å². The second-order valence-corrected chi connectivity index (χ2v) is 8.55. The van der Waals surface area contributed by atoms with Gasteiger partial charge in [0.15, 0.2) is 5.69 Å². The van der Waals surface area contributed by atoms with Gasteiger partial charge in [-0.15, -0.1) is 0 Å². The standard InChI is InChI=1S/C20H25N5O4/c1-11-6-16(23-29-11)18(26)21-7-13-15-9-25(10-20(15)5-4-17(13)28-20)19(27)14-8-24(3)22-12(14)2/h6,8,13,15,17H,4-5,7,9-10H2,1-3H3,(H,21,26)/t13-,15+,17+,20+/m0/s1. The fourth-order valence-corrected chi connectivity index (χ4v) is 5.37. The van der Waals surface area contributed by atoms with Crippen molar-refractivity contribution in [3.05, 3.63) is 35.0 Å². The highest BCUT2D eigenvalue weighted by atomic mass is 16.5. The lowest BCUT2D eigenvalue weighted by atomic mass is 9.73. The van der Waals surface area contributed by atoms with Gasteiger partial charge in [0.1, 0.15) is 5.76 Å². The summed E-state index contributed by atoms with van der Waals surface area (Å²) in [5.41, 5.74) is 1.39. The number of carbonyl (C=O) groups excluding carboxylic acids is 2. The molecule has 3 aliphatic heterocycles. The molecule has 5 rings (SSSR count). The van der Waals surface area contributed by atoms with Crippen molar-refractivity contribution in [2.45, 2.75) is 38.4 Å². The number of nitrogens with one attached hydrogen (secondary N) is 1. The highest BCUT2D eigenvalue weighted by molar-refractivity contribution is 5.95. The largest absolute Gasteiger partial charge is 0.369 e. The van der Waals surface area contributed by atoms with E-state index in [0.717, 1.165) is 18.5 Å². The first kappa shape index (κ1) is 18.4. The molecule has 4 atom stereocenters. The Bertz CT molecular complexity index is 981. The zero-order valence-electron chi connectivity index (χ0n) is 16.8. The Labute approximate surface area is 168 Å². The Morgan fingerprint density at radius 1 is 1.38 bits per heavy atom. The molecule has 0 aromatic carbocycles. The van der Waals surface area contributed by atoms with E-state index in [4.69, 9.17) is 9.26 Å². The van der Waals surface area contributed by atoms with Crippen LogP contribution in [-0.2, 0) is 11.8 Å². The number of nitrogens with zero attached hydrogens (tertiary/aromatic N) is 4. The van der Waals surface area contributed by atoms with E-state index in [-0.39, 0.29) is 41.0 Å². The van der Waals surface area contributed by atoms with Crippen LogP contribution in [0.5, 0.6) is 0 Å². The van der Waals surface area contributed by atoms with Gasteiger partial charge in [0.25, 0.3) is 11.8 Å². The van der Waals surface area contributed by atoms with E-state index in [0.29, 0.717) is 31.0 Å². The molecule has 2 aromatic heterocycles. The molecule has 3 fully saturated rings. The first-order valence-electron chi connectivity index (χ1n) is 10.1. The predicted octanol–water partition coefficient (Wildman–Crippen LogP) is 1.07. The van der Waals surface area contributed by atoms with Crippen LogP contribution in [0.15, 0.2) is 16.8 Å². The SMILES string of the molecule is Cc1cc(C(=O)NC[C@H]2[C@H]3CN(C(=O)c4cn(C)nc4C)C[C@]34CC[C@H]2O4)no1. The summed E-state index contributed by atoms with van der Waals surface area (Å²) >= 11 is 0. The first-order chi connectivity index (χ1) is 13.9. The number of likely N-dealkylation sites (tertiary alicyclic amines) is 1. The van der Waals surface area contributed by atoms with Gasteiger partial charge in [-0.1, -0.05) is 5.16 Å². The number of hydrogen-bond acceptors (Lipinski definition) is 6. The van der Waals surface area contributed by atoms with Gasteiger partial charge < -0.3 is 19.5 Å². The number of fused-ring (bicyclic) bond motifs is 1. The average molecular weight is 399 g/mol. The number of amides is 2. The van der Waals surface area contributed by atoms with Crippen molar-refractivity contribution in [3.8, 4) is 0 Å². The van der Waals surface area contributed by atoms with Gasteiger partial charge in [-0.3, -0.25) is 14.3 Å². The fraction of sp³-hybridized carbons (Fsp3) is 0.600. The molecule has 5 heterocycles. The summed E-state index contributed by atoms with van der Waals surface area (Å²) in [5, 5.41) is 11.0. The molecule has 9 heteroatoms. The zero-order valence-corrected chi connectivity index (χ0v) is 16.8. The van der Waals surface area contributed by atoms with E-state index < -0.39 is 0 Å². The predicted molar refractivity (Wildman–Crippen MR) is 101 cm³/mol. The van der Waals surface area contributed by atoms with Crippen LogP contribution >= 0.6 is 0 Å². The van der Waals surface area contributed by atoms with Crippen LogP contribution in [0.25, 0.3) is 0 Å². The first-order valence-corrected chi connectivity index (χ1v) is 10.1. The quantitative estimate of drug-likeness (QED) is 0.825. The van der Waals surface area contributed by atoms with Crippen molar-refractivity contribution >= 4 is 11.8 Å². The van der Waals surface area contributed by atoms with Crippen LogP contribution in [0, 0.1) is 25.7 Å². The van der Waals surface area contributed by atoms with E-state index in [2.05, 4.69) is 15.6 Å². The molecule has 0 aliphatic carbocycles. The summed E-state index contributed by atoms with van der Waals surface area (Å²) in [5.74, 6) is 0.783. The molecule has 3 saturated heterocycles. The summed E-state index contributed by atoms with van der Waals surface area (Å²) in [6, 6.07) is 1.63. The molecule has 2 aromatic rings. The summed E-state index contributed by atoms with van der Waals surface area (Å²) in [6.45, 7) is 5.37. The smallest absolute Gasteiger partial charge is 0.273 e. The van der Waals surface area contributed by atoms with Gasteiger partial charge in [0.05, 0.1) is 29.5 Å². The highest BCUT2D eigenvalue weighted by Crippen LogP contribution is 2.54. The molecular weight excluding hydrogens is 374 g/mol. The Balaban J connectivity index is 1.29. The minimum absolute atomic E-state index is 0.00674. The fourth-order valence-electron chi connectivity index (χ4n) is 5.37. The maximum atomic E-state index is 13.1. The van der Waals surface area contributed by atoms with Crippen LogP contribution in [0.4, 0.5) is 0 Å². The van der Waals surface area contributed by atoms with E-state index in [1.165, 1.54) is 0 Å². The van der Waals surface area contributed by atoms with E-state index in [1.807, 2.05) is 18.9 Å². The second kappa shape index (κ2) is 6.41. The molecule has 0 unspecified atom stereocenters. The van der Waals surface area contributed by atoms with Crippen molar-refractivity contribution in [1.82, 2.24) is 25.2 Å². The Morgan fingerprint density at radius 3 is 2.90 bits per heavy atom. The lowest BCUT2D eigenvalue weighted by Crippen LogP contribution is -2.42. The number of rotatable bonds is 4. The molecule has 0 radical (unpaired) electrons. The molecule has 1 N–H and O–H groups in total. The minimum atomic E-state index is -0.281. The topological polar surface area (TPSA) is 102 Å². The average Bonchev–Trinajstić information content (AvgIpc) is 3.46. The van der Waals surface area contributed by atoms with Gasteiger partial charge in [0, 0.05) is 44.2 Å². The molecule has 29 heavy (non-hydrogen) atoms. The Hall–Kier alpha value is -2.68. The Kier molecular flexibility index (Phi) is 4.06. The second-order valence-electron chi connectivity index (χ2n) is 8.55. The van der Waals surface area contributed by atoms with E-state index >= 15 is 0 Å². The van der Waals surface area contributed by atoms with Gasteiger partial charge in [-0.2, -0.15) is 5.10 Å². The molecular formula is C20H25N5O4. The van der Waals surface area contributed by atoms with Crippen LogP contribution in [0.2, 0.25) is 0 Å². The third-order valence-corrected chi connectivity index (χ3v) is 6.67. The number of hydrogen-bond donors (Lipinski definition) is 1. The summed E-state index contributed by atoms with van der Waals surface area (Å²) in [6.07, 6.45) is 3.84. The molecule has 154 valence electrons. The van der Waals surface area contributed by atoms with Crippen molar-refractivity contribution < 1.29 is 18.8 Å². The summed E-state index contributed by atoms with van der Waals surface area (Å²) in [4.78, 5) is 27.3. The molecule has 9 nitrogen and oxygen atoms in total. The highest BCUT2D eigenvalue weighted by Gasteiger charge is 2.63. The molecule has 3 aliphatic rings. The van der Waals surface area contributed by atoms with E-state index in [9.17, 15) is 9.59 Å². The lowest BCUT2D eigenvalue weighted by Gasteiger charge is -2.29. The molecule has 2 amide bonds. The monoisotopic (exact) mass is 399 g/mol. The minimum Gasteiger partial charge on any atom is -0.369 e. The Morgan fingerprint density at radius 2 is 2.21 bits per heavy atom. The van der Waals surface area contributed by atoms with Gasteiger partial charge >= 0.3 is 0 Å². The molecule has 2 bridgehead atoms. The van der Waals surface area contributed by atoms with E-state index in [1.54, 1.807) is 23.9 Å². The lowest BCUT2D eigenvalue weighted by molar-refractivity contribution is 0.00316. The maximum Gasteiger partial charge on any atom is 0.273 e. The number of carbonyl (C=O) groups is 2. The van der Waals surface area contributed by atoms with Crippen molar-refractivity contribution in [1.29, 1.82) is 0 Å². The van der Waals surface area contributed by atoms with Gasteiger partial charge in [-0.25, -0.2) is 0 Å². The van der Waals surface area contributed by atoms with Crippen molar-refractivity contribution in [2.24, 2.45) is 18.9 Å². The van der Waals surface area contributed by atoms with Gasteiger partial charge in [0.2, 0.25) is 0 Å². The molecule has 0 saturated carbocycles.